The molecule has 1 heterocycles. The van der Waals surface area contributed by atoms with E-state index in [4.69, 9.17) is 11.6 Å². The minimum atomic E-state index is -0.137. The molecule has 1 N–H and O–H groups in total. The van der Waals surface area contributed by atoms with Gasteiger partial charge in [-0.3, -0.25) is 4.79 Å². The number of hydrogen-bond donors (Lipinski definition) is 1. The predicted molar refractivity (Wildman–Crippen MR) is 70.5 cm³/mol. The zero-order valence-electron chi connectivity index (χ0n) is 10.5. The zero-order chi connectivity index (χ0) is 13.7. The summed E-state index contributed by atoms with van der Waals surface area (Å²) in [6.07, 6.45) is 0.689. The lowest BCUT2D eigenvalue weighted by Crippen LogP contribution is -2.28. The van der Waals surface area contributed by atoms with Crippen LogP contribution in [0.4, 0.5) is 0 Å². The van der Waals surface area contributed by atoms with E-state index >= 15 is 0 Å². The van der Waals surface area contributed by atoms with Crippen LogP contribution in [0.2, 0.25) is 5.02 Å². The molecule has 100 valence electrons. The summed E-state index contributed by atoms with van der Waals surface area (Å²) in [4.78, 5) is 11.8. The van der Waals surface area contributed by atoms with Crippen LogP contribution in [-0.4, -0.2) is 26.1 Å². The van der Waals surface area contributed by atoms with Crippen molar-refractivity contribution in [2.24, 2.45) is 0 Å². The first-order valence-electron chi connectivity index (χ1n) is 5.95. The number of benzene rings is 1. The lowest BCUT2D eigenvalue weighted by molar-refractivity contribution is -0.122. The molecule has 0 unspecified atom stereocenters. The molecule has 0 aliphatic carbocycles. The van der Waals surface area contributed by atoms with Crippen molar-refractivity contribution in [2.75, 3.05) is 0 Å². The Balaban J connectivity index is 1.88. The van der Waals surface area contributed by atoms with Crippen LogP contribution in [0, 0.1) is 0 Å². The van der Waals surface area contributed by atoms with Crippen LogP contribution in [0.15, 0.2) is 24.3 Å². The summed E-state index contributed by atoms with van der Waals surface area (Å²) in [7, 11) is 0. The predicted octanol–water partition coefficient (Wildman–Crippen LogP) is 1.21. The van der Waals surface area contributed by atoms with E-state index < -0.39 is 0 Å². The van der Waals surface area contributed by atoms with Crippen LogP contribution in [0.1, 0.15) is 18.3 Å². The third kappa shape index (κ3) is 3.75. The maximum atomic E-state index is 11.8. The second-order valence-electron chi connectivity index (χ2n) is 4.01. The number of halogens is 1. The molecule has 1 aromatic carbocycles. The summed E-state index contributed by atoms with van der Waals surface area (Å²) in [6, 6.07) is 7.36. The van der Waals surface area contributed by atoms with Gasteiger partial charge in [-0.15, -0.1) is 5.10 Å². The number of carbonyl (C=O) groups is 1. The van der Waals surface area contributed by atoms with Crippen LogP contribution < -0.4 is 5.32 Å². The van der Waals surface area contributed by atoms with Gasteiger partial charge in [0.15, 0.2) is 5.82 Å². The lowest BCUT2D eigenvalue weighted by atomic mass is 10.2. The van der Waals surface area contributed by atoms with Gasteiger partial charge in [-0.2, -0.15) is 0 Å². The van der Waals surface area contributed by atoms with E-state index in [2.05, 4.69) is 20.8 Å². The van der Waals surface area contributed by atoms with Gasteiger partial charge in [0.05, 0.1) is 0 Å². The first-order valence-corrected chi connectivity index (χ1v) is 6.33. The molecule has 1 amide bonds. The molecule has 19 heavy (non-hydrogen) atoms. The van der Waals surface area contributed by atoms with Gasteiger partial charge in [0.25, 0.3) is 0 Å². The van der Waals surface area contributed by atoms with Crippen molar-refractivity contribution in [3.8, 4) is 0 Å². The Hall–Kier alpha value is -1.95. The molecule has 0 saturated carbocycles. The smallest absolute Gasteiger partial charge is 0.242 e. The van der Waals surface area contributed by atoms with Gasteiger partial charge in [0.2, 0.25) is 5.91 Å². The molecular formula is C12H14ClN5O. The molecule has 0 bridgehead atoms. The first-order chi connectivity index (χ1) is 9.19. The van der Waals surface area contributed by atoms with Crippen molar-refractivity contribution in [1.82, 2.24) is 25.5 Å². The monoisotopic (exact) mass is 279 g/mol. The minimum Gasteiger partial charge on any atom is -0.350 e. The Morgan fingerprint density at radius 3 is 3.05 bits per heavy atom. The van der Waals surface area contributed by atoms with Crippen molar-refractivity contribution in [3.05, 3.63) is 40.7 Å². The van der Waals surface area contributed by atoms with Gasteiger partial charge in [0.1, 0.15) is 6.54 Å². The number of hydrogen-bond acceptors (Lipinski definition) is 4. The van der Waals surface area contributed by atoms with E-state index in [9.17, 15) is 4.79 Å². The van der Waals surface area contributed by atoms with Crippen LogP contribution in [0.5, 0.6) is 0 Å². The molecule has 2 rings (SSSR count). The molecule has 0 fully saturated rings. The molecular weight excluding hydrogens is 266 g/mol. The maximum Gasteiger partial charge on any atom is 0.242 e. The molecule has 0 aliphatic heterocycles. The van der Waals surface area contributed by atoms with Crippen molar-refractivity contribution >= 4 is 17.5 Å². The Kier molecular flexibility index (Phi) is 4.46. The third-order valence-electron chi connectivity index (χ3n) is 2.59. The van der Waals surface area contributed by atoms with Crippen molar-refractivity contribution in [3.63, 3.8) is 0 Å². The highest BCUT2D eigenvalue weighted by molar-refractivity contribution is 6.30. The molecule has 6 nitrogen and oxygen atoms in total. The molecule has 0 radical (unpaired) electrons. The van der Waals surface area contributed by atoms with E-state index in [0.29, 0.717) is 23.8 Å². The van der Waals surface area contributed by atoms with Crippen molar-refractivity contribution in [2.45, 2.75) is 26.4 Å². The Bertz CT molecular complexity index is 569. The van der Waals surface area contributed by atoms with Gasteiger partial charge < -0.3 is 5.32 Å². The summed E-state index contributed by atoms with van der Waals surface area (Å²) in [5.74, 6) is 0.555. The van der Waals surface area contributed by atoms with Gasteiger partial charge in [-0.1, -0.05) is 30.7 Å². The third-order valence-corrected chi connectivity index (χ3v) is 2.83. The molecule has 0 atom stereocenters. The lowest BCUT2D eigenvalue weighted by Gasteiger charge is -2.06. The highest BCUT2D eigenvalue weighted by atomic mass is 35.5. The summed E-state index contributed by atoms with van der Waals surface area (Å²) < 4.78 is 1.49. The highest BCUT2D eigenvalue weighted by Crippen LogP contribution is 2.10. The first kappa shape index (κ1) is 13.5. The second-order valence-corrected chi connectivity index (χ2v) is 4.45. The van der Waals surface area contributed by atoms with E-state index in [0.717, 1.165) is 5.56 Å². The van der Waals surface area contributed by atoms with Gasteiger partial charge in [-0.25, -0.2) is 4.68 Å². The van der Waals surface area contributed by atoms with Crippen LogP contribution >= 0.6 is 11.6 Å². The summed E-state index contributed by atoms with van der Waals surface area (Å²) >= 11 is 5.87. The number of nitrogens with one attached hydrogen (secondary N) is 1. The number of rotatable bonds is 5. The number of nitrogens with zero attached hydrogens (tertiary/aromatic N) is 4. The molecule has 2 aromatic rings. The summed E-state index contributed by atoms with van der Waals surface area (Å²) in [5, 5.41) is 14.6. The number of amides is 1. The van der Waals surface area contributed by atoms with Crippen LogP contribution in [0.3, 0.4) is 0 Å². The number of carbonyl (C=O) groups excluding carboxylic acids is 1. The SMILES string of the molecule is CCc1nnnn1CC(=O)NCc1cccc(Cl)c1. The van der Waals surface area contributed by atoms with E-state index in [-0.39, 0.29) is 12.5 Å². The van der Waals surface area contributed by atoms with E-state index in [1.807, 2.05) is 25.1 Å². The molecule has 7 heteroatoms. The second kappa shape index (κ2) is 6.29. The largest absolute Gasteiger partial charge is 0.350 e. The molecule has 0 aliphatic rings. The molecule has 1 aromatic heterocycles. The Labute approximate surface area is 115 Å². The zero-order valence-corrected chi connectivity index (χ0v) is 11.3. The van der Waals surface area contributed by atoms with Crippen LogP contribution in [0.25, 0.3) is 0 Å². The Morgan fingerprint density at radius 1 is 1.47 bits per heavy atom. The fourth-order valence-corrected chi connectivity index (χ4v) is 1.85. The van der Waals surface area contributed by atoms with Gasteiger partial charge in [-0.05, 0) is 28.1 Å². The van der Waals surface area contributed by atoms with Crippen molar-refractivity contribution in [1.29, 1.82) is 0 Å². The average molecular weight is 280 g/mol. The number of aromatic nitrogens is 4. The maximum absolute atomic E-state index is 11.8. The average Bonchev–Trinajstić information content (AvgIpc) is 2.84. The van der Waals surface area contributed by atoms with Crippen LogP contribution in [-0.2, 0) is 24.3 Å². The molecule has 0 spiro atoms. The highest BCUT2D eigenvalue weighted by Gasteiger charge is 2.08. The Morgan fingerprint density at radius 2 is 2.32 bits per heavy atom. The number of aryl methyl sites for hydroxylation is 1. The van der Waals surface area contributed by atoms with Gasteiger partial charge >= 0.3 is 0 Å². The quantitative estimate of drug-likeness (QED) is 0.893. The fourth-order valence-electron chi connectivity index (χ4n) is 1.64. The normalized spacial score (nSPS) is 10.4. The van der Waals surface area contributed by atoms with Gasteiger partial charge in [0, 0.05) is 18.0 Å². The fraction of sp³-hybridized carbons (Fsp3) is 0.333. The summed E-state index contributed by atoms with van der Waals surface area (Å²) in [6.45, 7) is 2.49. The molecule has 0 saturated heterocycles. The van der Waals surface area contributed by atoms with E-state index in [1.165, 1.54) is 4.68 Å². The van der Waals surface area contributed by atoms with Crippen molar-refractivity contribution < 1.29 is 4.79 Å². The number of tetrazole rings is 1. The standard InChI is InChI=1S/C12H14ClN5O/c1-2-11-15-16-17-18(11)8-12(19)14-7-9-4-3-5-10(13)6-9/h3-6H,2,7-8H2,1H3,(H,14,19). The minimum absolute atomic E-state index is 0.122. The van der Waals surface area contributed by atoms with E-state index in [1.54, 1.807) is 6.07 Å². The topological polar surface area (TPSA) is 72.7 Å². The summed E-state index contributed by atoms with van der Waals surface area (Å²) in [5.41, 5.74) is 0.952.